The fourth-order valence-electron chi connectivity index (χ4n) is 1.72. The first kappa shape index (κ1) is 12.8. The Morgan fingerprint density at radius 3 is 2.89 bits per heavy atom. The quantitative estimate of drug-likeness (QED) is 0.840. The predicted octanol–water partition coefficient (Wildman–Crippen LogP) is 1.73. The third kappa shape index (κ3) is 2.98. The molecule has 2 heterocycles. The summed E-state index contributed by atoms with van der Waals surface area (Å²) in [6, 6.07) is 1.66. The van der Waals surface area contributed by atoms with Crippen LogP contribution in [-0.2, 0) is 20.0 Å². The smallest absolute Gasteiger partial charge is 0.225 e. The summed E-state index contributed by atoms with van der Waals surface area (Å²) in [5, 5.41) is 7.52. The van der Waals surface area contributed by atoms with Crippen LogP contribution in [0.5, 0.6) is 0 Å². The van der Waals surface area contributed by atoms with E-state index in [1.54, 1.807) is 6.07 Å². The summed E-state index contributed by atoms with van der Waals surface area (Å²) in [6.45, 7) is 2.71. The van der Waals surface area contributed by atoms with Crippen molar-refractivity contribution in [1.82, 2.24) is 19.7 Å². The highest BCUT2D eigenvalue weighted by Gasteiger charge is 2.07. The van der Waals surface area contributed by atoms with Gasteiger partial charge in [-0.1, -0.05) is 6.92 Å². The van der Waals surface area contributed by atoms with Crippen LogP contribution in [0.25, 0.3) is 0 Å². The van der Waals surface area contributed by atoms with Crippen LogP contribution < -0.4 is 11.1 Å². The van der Waals surface area contributed by atoms with Gasteiger partial charge in [0.05, 0.1) is 5.69 Å². The number of nitrogens with two attached hydrogens (primary N) is 1. The van der Waals surface area contributed by atoms with E-state index < -0.39 is 0 Å². The zero-order valence-corrected chi connectivity index (χ0v) is 11.9. The molecule has 0 aliphatic heterocycles. The molecule has 0 bridgehead atoms. The molecular weight excluding hydrogens is 296 g/mol. The van der Waals surface area contributed by atoms with Crippen molar-refractivity contribution in [3.8, 4) is 0 Å². The van der Waals surface area contributed by atoms with Crippen molar-refractivity contribution < 1.29 is 0 Å². The van der Waals surface area contributed by atoms with Gasteiger partial charge < -0.3 is 11.1 Å². The van der Waals surface area contributed by atoms with Crippen LogP contribution in [0, 0.1) is 0 Å². The van der Waals surface area contributed by atoms with Gasteiger partial charge in [0.2, 0.25) is 5.95 Å². The molecule has 3 N–H and O–H groups in total. The molecule has 7 heteroatoms. The Hall–Kier alpha value is -1.63. The highest BCUT2D eigenvalue weighted by atomic mass is 79.9. The molecule has 0 spiro atoms. The predicted molar refractivity (Wildman–Crippen MR) is 74.1 cm³/mol. The summed E-state index contributed by atoms with van der Waals surface area (Å²) in [6.07, 6.45) is 2.90. The minimum atomic E-state index is 0.432. The Morgan fingerprint density at radius 1 is 1.44 bits per heavy atom. The van der Waals surface area contributed by atoms with Gasteiger partial charge >= 0.3 is 0 Å². The van der Waals surface area contributed by atoms with Gasteiger partial charge in [-0.2, -0.15) is 10.1 Å². The standard InChI is InChI=1S/C11H15BrN6/c1-3-8-7(6-18(2)17-8)5-14-11-15-9(12)4-10(13)16-11/h4,6H,3,5H2,1-2H3,(H3,13,14,15,16). The van der Waals surface area contributed by atoms with E-state index in [4.69, 9.17) is 5.73 Å². The number of rotatable bonds is 4. The first-order chi connectivity index (χ1) is 8.58. The Morgan fingerprint density at radius 2 is 2.22 bits per heavy atom. The lowest BCUT2D eigenvalue weighted by atomic mass is 10.2. The minimum Gasteiger partial charge on any atom is -0.383 e. The molecule has 0 aliphatic carbocycles. The van der Waals surface area contributed by atoms with E-state index in [1.165, 1.54) is 0 Å². The van der Waals surface area contributed by atoms with Crippen LogP contribution in [-0.4, -0.2) is 19.7 Å². The van der Waals surface area contributed by atoms with Crippen LogP contribution in [0.2, 0.25) is 0 Å². The number of hydrogen-bond acceptors (Lipinski definition) is 5. The summed E-state index contributed by atoms with van der Waals surface area (Å²) >= 11 is 3.28. The molecule has 0 saturated heterocycles. The van der Waals surface area contributed by atoms with E-state index in [0.717, 1.165) is 17.7 Å². The van der Waals surface area contributed by atoms with E-state index in [-0.39, 0.29) is 0 Å². The van der Waals surface area contributed by atoms with Crippen LogP contribution in [0.15, 0.2) is 16.9 Å². The van der Waals surface area contributed by atoms with Crippen molar-refractivity contribution in [3.63, 3.8) is 0 Å². The summed E-state index contributed by atoms with van der Waals surface area (Å²) in [7, 11) is 1.91. The second-order valence-electron chi connectivity index (χ2n) is 3.92. The summed E-state index contributed by atoms with van der Waals surface area (Å²) in [5.74, 6) is 0.939. The molecule has 96 valence electrons. The van der Waals surface area contributed by atoms with Crippen molar-refractivity contribution in [2.45, 2.75) is 19.9 Å². The molecule has 18 heavy (non-hydrogen) atoms. The largest absolute Gasteiger partial charge is 0.383 e. The van der Waals surface area contributed by atoms with Gasteiger partial charge in [-0.25, -0.2) is 4.98 Å². The fourth-order valence-corrected chi connectivity index (χ4v) is 2.12. The van der Waals surface area contributed by atoms with Crippen LogP contribution in [0.4, 0.5) is 11.8 Å². The highest BCUT2D eigenvalue weighted by Crippen LogP contribution is 2.14. The van der Waals surface area contributed by atoms with E-state index in [2.05, 4.69) is 43.2 Å². The average molecular weight is 311 g/mol. The van der Waals surface area contributed by atoms with Crippen molar-refractivity contribution in [3.05, 3.63) is 28.1 Å². The van der Waals surface area contributed by atoms with Crippen molar-refractivity contribution in [2.75, 3.05) is 11.1 Å². The van der Waals surface area contributed by atoms with E-state index in [9.17, 15) is 0 Å². The topological polar surface area (TPSA) is 81.7 Å². The molecule has 0 fully saturated rings. The SMILES string of the molecule is CCc1nn(C)cc1CNc1nc(N)cc(Br)n1. The Balaban J connectivity index is 2.11. The van der Waals surface area contributed by atoms with Crippen LogP contribution in [0.3, 0.4) is 0 Å². The maximum absolute atomic E-state index is 5.65. The number of nitrogen functional groups attached to an aromatic ring is 1. The third-order valence-corrected chi connectivity index (χ3v) is 2.88. The van der Waals surface area contributed by atoms with Crippen molar-refractivity contribution >= 4 is 27.7 Å². The van der Waals surface area contributed by atoms with Crippen LogP contribution in [0.1, 0.15) is 18.2 Å². The molecular formula is C11H15BrN6. The summed E-state index contributed by atoms with van der Waals surface area (Å²) in [4.78, 5) is 8.31. The summed E-state index contributed by atoms with van der Waals surface area (Å²) < 4.78 is 2.48. The molecule has 6 nitrogen and oxygen atoms in total. The number of nitrogens with one attached hydrogen (secondary N) is 1. The minimum absolute atomic E-state index is 0.432. The second-order valence-corrected chi connectivity index (χ2v) is 4.73. The molecule has 0 aliphatic rings. The molecule has 0 aromatic carbocycles. The average Bonchev–Trinajstić information content (AvgIpc) is 2.66. The lowest BCUT2D eigenvalue weighted by Crippen LogP contribution is -2.06. The lowest BCUT2D eigenvalue weighted by molar-refractivity contribution is 0.746. The Labute approximate surface area is 114 Å². The first-order valence-electron chi connectivity index (χ1n) is 5.63. The van der Waals surface area contributed by atoms with Gasteiger partial charge in [0.25, 0.3) is 0 Å². The monoisotopic (exact) mass is 310 g/mol. The van der Waals surface area contributed by atoms with Gasteiger partial charge in [0.15, 0.2) is 0 Å². The highest BCUT2D eigenvalue weighted by molar-refractivity contribution is 9.10. The normalized spacial score (nSPS) is 10.6. The number of halogens is 1. The lowest BCUT2D eigenvalue weighted by Gasteiger charge is -2.05. The number of anilines is 2. The van der Waals surface area contributed by atoms with E-state index >= 15 is 0 Å². The molecule has 0 amide bonds. The van der Waals surface area contributed by atoms with Gasteiger partial charge in [0, 0.05) is 31.4 Å². The molecule has 2 aromatic rings. The van der Waals surface area contributed by atoms with Crippen LogP contribution >= 0.6 is 15.9 Å². The summed E-state index contributed by atoms with van der Waals surface area (Å²) in [5.41, 5.74) is 7.87. The molecule has 2 rings (SSSR count). The van der Waals surface area contributed by atoms with Gasteiger partial charge in [-0.3, -0.25) is 4.68 Å². The third-order valence-electron chi connectivity index (χ3n) is 2.48. The first-order valence-corrected chi connectivity index (χ1v) is 6.43. The molecule has 0 atom stereocenters. The fraction of sp³-hybridized carbons (Fsp3) is 0.364. The van der Waals surface area contributed by atoms with Gasteiger partial charge in [0.1, 0.15) is 10.4 Å². The molecule has 0 saturated carbocycles. The van der Waals surface area contributed by atoms with Gasteiger partial charge in [-0.15, -0.1) is 0 Å². The molecule has 0 unspecified atom stereocenters. The molecule has 2 aromatic heterocycles. The zero-order valence-electron chi connectivity index (χ0n) is 10.3. The number of nitrogens with zero attached hydrogens (tertiary/aromatic N) is 4. The van der Waals surface area contributed by atoms with Gasteiger partial charge in [-0.05, 0) is 22.4 Å². The maximum atomic E-state index is 5.65. The Bertz CT molecular complexity index is 530. The molecule has 0 radical (unpaired) electrons. The second kappa shape index (κ2) is 5.34. The van der Waals surface area contributed by atoms with E-state index in [0.29, 0.717) is 22.9 Å². The van der Waals surface area contributed by atoms with Crippen molar-refractivity contribution in [2.24, 2.45) is 7.05 Å². The van der Waals surface area contributed by atoms with Crippen molar-refractivity contribution in [1.29, 1.82) is 0 Å². The number of hydrogen-bond donors (Lipinski definition) is 2. The number of aryl methyl sites for hydroxylation is 2. The zero-order chi connectivity index (χ0) is 13.1. The number of aromatic nitrogens is 4. The van der Waals surface area contributed by atoms with E-state index in [1.807, 2.05) is 17.9 Å². The maximum Gasteiger partial charge on any atom is 0.225 e. The Kier molecular flexibility index (Phi) is 3.81.